The van der Waals surface area contributed by atoms with Crippen molar-refractivity contribution in [3.63, 3.8) is 0 Å². The quantitative estimate of drug-likeness (QED) is 0.735. The van der Waals surface area contributed by atoms with Crippen molar-refractivity contribution in [3.8, 4) is 12.1 Å². The van der Waals surface area contributed by atoms with Crippen LogP contribution in [0.4, 0.5) is 0 Å². The van der Waals surface area contributed by atoms with E-state index in [1.807, 2.05) is 6.07 Å². The predicted octanol–water partition coefficient (Wildman–Crippen LogP) is 0.821. The number of hydrogen-bond donors (Lipinski definition) is 0. The number of piperidine rings is 1. The molecular weight excluding hydrogens is 204 g/mol. The summed E-state index contributed by atoms with van der Waals surface area (Å²) in [4.78, 5) is 10.3. The summed E-state index contributed by atoms with van der Waals surface area (Å²) in [6.07, 6.45) is 3.69. The molecule has 1 aromatic heterocycles. The van der Waals surface area contributed by atoms with Gasteiger partial charge in [-0.1, -0.05) is 0 Å². The number of nitriles is 1. The van der Waals surface area contributed by atoms with Crippen LogP contribution in [0, 0.1) is 11.3 Å². The number of likely N-dealkylation sites (tertiary alicyclic amines) is 1. The van der Waals surface area contributed by atoms with Crippen molar-refractivity contribution < 1.29 is 4.74 Å². The van der Waals surface area contributed by atoms with E-state index in [1.54, 1.807) is 12.3 Å². The van der Waals surface area contributed by atoms with E-state index in [-0.39, 0.29) is 6.10 Å². The van der Waals surface area contributed by atoms with Gasteiger partial charge in [-0.25, -0.2) is 4.98 Å². The maximum absolute atomic E-state index is 8.70. The molecule has 0 N–H and O–H groups in total. The van der Waals surface area contributed by atoms with Crippen molar-refractivity contribution in [2.24, 2.45) is 0 Å². The van der Waals surface area contributed by atoms with Gasteiger partial charge in [0.15, 0.2) is 0 Å². The summed E-state index contributed by atoms with van der Waals surface area (Å²) in [5.74, 6) is 0. The minimum atomic E-state index is 0.171. The minimum Gasteiger partial charge on any atom is -0.460 e. The Balaban J connectivity index is 1.96. The Hall–Kier alpha value is -1.67. The van der Waals surface area contributed by atoms with E-state index >= 15 is 0 Å². The Morgan fingerprint density at radius 2 is 2.25 bits per heavy atom. The standard InChI is InChI=1S/C11H14N4O/c1-15-6-3-10(4-7-15)16-11-13-5-2-9(8-12)14-11/h2,5,10H,3-4,6-7H2,1H3. The Labute approximate surface area is 94.7 Å². The van der Waals surface area contributed by atoms with Gasteiger partial charge in [0, 0.05) is 19.3 Å². The minimum absolute atomic E-state index is 0.171. The highest BCUT2D eigenvalue weighted by Gasteiger charge is 2.18. The van der Waals surface area contributed by atoms with Gasteiger partial charge in [-0.3, -0.25) is 0 Å². The highest BCUT2D eigenvalue weighted by molar-refractivity contribution is 5.19. The van der Waals surface area contributed by atoms with Crippen LogP contribution in [0.25, 0.3) is 0 Å². The molecule has 1 aromatic rings. The molecule has 5 heteroatoms. The van der Waals surface area contributed by atoms with Crippen LogP contribution in [0.2, 0.25) is 0 Å². The Kier molecular flexibility index (Phi) is 3.32. The van der Waals surface area contributed by atoms with Gasteiger partial charge < -0.3 is 9.64 Å². The molecule has 0 aromatic carbocycles. The first-order valence-electron chi connectivity index (χ1n) is 5.36. The van der Waals surface area contributed by atoms with Gasteiger partial charge in [-0.2, -0.15) is 10.2 Å². The summed E-state index contributed by atoms with van der Waals surface area (Å²) in [5.41, 5.74) is 0.345. The van der Waals surface area contributed by atoms with Crippen LogP contribution in [0.3, 0.4) is 0 Å². The summed E-state index contributed by atoms with van der Waals surface area (Å²) in [5, 5.41) is 8.70. The molecule has 0 spiro atoms. The van der Waals surface area contributed by atoms with Crippen molar-refractivity contribution in [2.75, 3.05) is 20.1 Å². The molecule has 1 aliphatic rings. The molecule has 0 aliphatic carbocycles. The maximum Gasteiger partial charge on any atom is 0.317 e. The molecule has 0 saturated carbocycles. The fourth-order valence-electron chi connectivity index (χ4n) is 1.71. The van der Waals surface area contributed by atoms with Crippen LogP contribution >= 0.6 is 0 Å². The highest BCUT2D eigenvalue weighted by atomic mass is 16.5. The van der Waals surface area contributed by atoms with E-state index in [9.17, 15) is 0 Å². The van der Waals surface area contributed by atoms with Crippen molar-refractivity contribution in [1.29, 1.82) is 5.26 Å². The van der Waals surface area contributed by atoms with E-state index in [0.29, 0.717) is 11.7 Å². The molecule has 2 rings (SSSR count). The van der Waals surface area contributed by atoms with Crippen LogP contribution in [0.15, 0.2) is 12.3 Å². The Morgan fingerprint density at radius 3 is 2.94 bits per heavy atom. The van der Waals surface area contributed by atoms with Gasteiger partial charge in [0.1, 0.15) is 17.9 Å². The van der Waals surface area contributed by atoms with Crippen LogP contribution < -0.4 is 4.74 Å². The Bertz CT molecular complexity index is 393. The first kappa shape index (κ1) is 10.8. The second-order valence-electron chi connectivity index (χ2n) is 3.96. The van der Waals surface area contributed by atoms with Gasteiger partial charge >= 0.3 is 6.01 Å². The third-order valence-electron chi connectivity index (χ3n) is 2.69. The van der Waals surface area contributed by atoms with Crippen LogP contribution in [0.1, 0.15) is 18.5 Å². The molecule has 0 amide bonds. The fourth-order valence-corrected chi connectivity index (χ4v) is 1.71. The van der Waals surface area contributed by atoms with E-state index in [2.05, 4.69) is 21.9 Å². The van der Waals surface area contributed by atoms with Crippen molar-refractivity contribution >= 4 is 0 Å². The molecule has 0 atom stereocenters. The normalized spacial score (nSPS) is 18.0. The first-order chi connectivity index (χ1) is 7.78. The molecule has 0 unspecified atom stereocenters. The van der Waals surface area contributed by atoms with E-state index in [0.717, 1.165) is 25.9 Å². The molecule has 1 saturated heterocycles. The van der Waals surface area contributed by atoms with Crippen LogP contribution in [-0.4, -0.2) is 41.1 Å². The number of nitrogens with zero attached hydrogens (tertiary/aromatic N) is 4. The number of rotatable bonds is 2. The lowest BCUT2D eigenvalue weighted by molar-refractivity contribution is 0.105. The third kappa shape index (κ3) is 2.67. The van der Waals surface area contributed by atoms with Gasteiger partial charge in [-0.05, 0) is 26.0 Å². The average molecular weight is 218 g/mol. The second kappa shape index (κ2) is 4.90. The van der Waals surface area contributed by atoms with Gasteiger partial charge in [0.25, 0.3) is 0 Å². The zero-order chi connectivity index (χ0) is 11.4. The second-order valence-corrected chi connectivity index (χ2v) is 3.96. The molecule has 0 bridgehead atoms. The third-order valence-corrected chi connectivity index (χ3v) is 2.69. The largest absolute Gasteiger partial charge is 0.460 e. The summed E-state index contributed by atoms with van der Waals surface area (Å²) in [6.45, 7) is 2.06. The topological polar surface area (TPSA) is 62.0 Å². The molecule has 1 aliphatic heterocycles. The van der Waals surface area contributed by atoms with E-state index in [4.69, 9.17) is 10.00 Å². The molecule has 5 nitrogen and oxygen atoms in total. The number of hydrogen-bond acceptors (Lipinski definition) is 5. The Morgan fingerprint density at radius 1 is 1.50 bits per heavy atom. The smallest absolute Gasteiger partial charge is 0.317 e. The lowest BCUT2D eigenvalue weighted by Crippen LogP contribution is -2.35. The van der Waals surface area contributed by atoms with E-state index < -0.39 is 0 Å². The average Bonchev–Trinajstić information content (AvgIpc) is 2.32. The van der Waals surface area contributed by atoms with Gasteiger partial charge in [0.2, 0.25) is 0 Å². The zero-order valence-electron chi connectivity index (χ0n) is 9.26. The molecule has 0 radical (unpaired) electrons. The lowest BCUT2D eigenvalue weighted by Gasteiger charge is -2.28. The van der Waals surface area contributed by atoms with Crippen LogP contribution in [-0.2, 0) is 0 Å². The first-order valence-corrected chi connectivity index (χ1v) is 5.36. The molecule has 2 heterocycles. The monoisotopic (exact) mass is 218 g/mol. The molecule has 84 valence electrons. The van der Waals surface area contributed by atoms with E-state index in [1.165, 1.54) is 0 Å². The van der Waals surface area contributed by atoms with Crippen molar-refractivity contribution in [3.05, 3.63) is 18.0 Å². The maximum atomic E-state index is 8.70. The molecular formula is C11H14N4O. The lowest BCUT2D eigenvalue weighted by atomic mass is 10.1. The summed E-state index contributed by atoms with van der Waals surface area (Å²) >= 11 is 0. The van der Waals surface area contributed by atoms with Gasteiger partial charge in [-0.15, -0.1) is 0 Å². The zero-order valence-corrected chi connectivity index (χ0v) is 9.26. The summed E-state index contributed by atoms with van der Waals surface area (Å²) in [6, 6.07) is 3.86. The highest BCUT2D eigenvalue weighted by Crippen LogP contribution is 2.14. The number of ether oxygens (including phenoxy) is 1. The van der Waals surface area contributed by atoms with Crippen LogP contribution in [0.5, 0.6) is 6.01 Å². The predicted molar refractivity (Wildman–Crippen MR) is 57.9 cm³/mol. The SMILES string of the molecule is CN1CCC(Oc2nccc(C#N)n2)CC1. The van der Waals surface area contributed by atoms with Crippen molar-refractivity contribution in [1.82, 2.24) is 14.9 Å². The molecule has 16 heavy (non-hydrogen) atoms. The summed E-state index contributed by atoms with van der Waals surface area (Å²) in [7, 11) is 2.10. The molecule has 1 fully saturated rings. The van der Waals surface area contributed by atoms with Gasteiger partial charge in [0.05, 0.1) is 0 Å². The summed E-state index contributed by atoms with van der Waals surface area (Å²) < 4.78 is 5.65. The fraction of sp³-hybridized carbons (Fsp3) is 0.545. The van der Waals surface area contributed by atoms with Crippen molar-refractivity contribution in [2.45, 2.75) is 18.9 Å². The number of aromatic nitrogens is 2.